The number of fused-ring (bicyclic) bond motifs is 1. The van der Waals surface area contributed by atoms with Crippen molar-refractivity contribution in [1.29, 1.82) is 0 Å². The third-order valence-corrected chi connectivity index (χ3v) is 5.80. The van der Waals surface area contributed by atoms with Crippen molar-refractivity contribution in [3.8, 4) is 11.4 Å². The van der Waals surface area contributed by atoms with Gasteiger partial charge in [0.2, 0.25) is 5.89 Å². The molecular formula is C20H22N6OS. The molecule has 0 bridgehead atoms. The second kappa shape index (κ2) is 6.48. The third kappa shape index (κ3) is 3.11. The zero-order valence-electron chi connectivity index (χ0n) is 16.1. The molecule has 0 unspecified atom stereocenters. The molecule has 1 N–H and O–H groups in total. The second-order valence-electron chi connectivity index (χ2n) is 8.21. The van der Waals surface area contributed by atoms with Crippen LogP contribution in [0, 0.1) is 0 Å². The van der Waals surface area contributed by atoms with E-state index in [-0.39, 0.29) is 5.41 Å². The molecule has 0 radical (unpaired) electrons. The van der Waals surface area contributed by atoms with E-state index < -0.39 is 0 Å². The van der Waals surface area contributed by atoms with Gasteiger partial charge in [0.1, 0.15) is 0 Å². The van der Waals surface area contributed by atoms with Gasteiger partial charge in [0.15, 0.2) is 16.8 Å². The maximum atomic E-state index is 5.42. The molecule has 1 fully saturated rings. The Hall–Kier alpha value is -2.61. The monoisotopic (exact) mass is 394 g/mol. The van der Waals surface area contributed by atoms with Gasteiger partial charge in [0, 0.05) is 34.1 Å². The topological polar surface area (TPSA) is 85.4 Å². The molecule has 3 heterocycles. The summed E-state index contributed by atoms with van der Waals surface area (Å²) in [5, 5.41) is 15.2. The Kier molecular flexibility index (Phi) is 4.04. The normalized spacial score (nSPS) is 14.8. The Bertz CT molecular complexity index is 1130. The van der Waals surface area contributed by atoms with Crippen LogP contribution in [0.5, 0.6) is 0 Å². The molecule has 8 heteroatoms. The molecule has 0 saturated heterocycles. The highest BCUT2D eigenvalue weighted by atomic mass is 32.2. The van der Waals surface area contributed by atoms with Gasteiger partial charge in [-0.3, -0.25) is 4.57 Å². The Labute approximate surface area is 166 Å². The van der Waals surface area contributed by atoms with E-state index in [1.165, 1.54) is 5.39 Å². The average molecular weight is 395 g/mol. The van der Waals surface area contributed by atoms with Crippen LogP contribution in [0.3, 0.4) is 0 Å². The SMILES string of the molecule is CC(C)(C)c1noc(CSc2nnc(-c3c[nH]c4ccccc34)n2C2CC2)n1. The number of nitrogens with zero attached hydrogens (tertiary/aromatic N) is 5. The van der Waals surface area contributed by atoms with Gasteiger partial charge in [-0.15, -0.1) is 10.2 Å². The minimum absolute atomic E-state index is 0.122. The molecule has 0 aliphatic heterocycles. The first-order valence-electron chi connectivity index (χ1n) is 9.48. The Morgan fingerprint density at radius 2 is 2.04 bits per heavy atom. The van der Waals surface area contributed by atoms with Gasteiger partial charge >= 0.3 is 0 Å². The number of nitrogens with one attached hydrogen (secondary N) is 1. The summed E-state index contributed by atoms with van der Waals surface area (Å²) in [6.07, 6.45) is 4.35. The number of H-pyrrole nitrogens is 1. The van der Waals surface area contributed by atoms with Crippen LogP contribution in [0.1, 0.15) is 51.4 Å². The number of thioether (sulfide) groups is 1. The molecule has 0 atom stereocenters. The van der Waals surface area contributed by atoms with Crippen molar-refractivity contribution in [1.82, 2.24) is 29.9 Å². The van der Waals surface area contributed by atoms with Crippen LogP contribution < -0.4 is 0 Å². The second-order valence-corrected chi connectivity index (χ2v) is 9.15. The van der Waals surface area contributed by atoms with Crippen molar-refractivity contribution >= 4 is 22.7 Å². The van der Waals surface area contributed by atoms with Crippen molar-refractivity contribution < 1.29 is 4.52 Å². The number of aromatic nitrogens is 6. The lowest BCUT2D eigenvalue weighted by atomic mass is 9.96. The van der Waals surface area contributed by atoms with E-state index in [1.807, 2.05) is 12.3 Å². The Morgan fingerprint density at radius 3 is 2.79 bits per heavy atom. The molecule has 1 aromatic carbocycles. The summed E-state index contributed by atoms with van der Waals surface area (Å²) in [5.41, 5.74) is 2.08. The van der Waals surface area contributed by atoms with Crippen LogP contribution in [0.15, 0.2) is 40.1 Å². The van der Waals surface area contributed by atoms with E-state index in [0.29, 0.717) is 17.7 Å². The minimum atomic E-state index is -0.122. The maximum absolute atomic E-state index is 5.42. The number of rotatable bonds is 5. The van der Waals surface area contributed by atoms with E-state index in [4.69, 9.17) is 4.52 Å². The highest BCUT2D eigenvalue weighted by molar-refractivity contribution is 7.98. The molecule has 4 aromatic rings. The highest BCUT2D eigenvalue weighted by Gasteiger charge is 2.31. The maximum Gasteiger partial charge on any atom is 0.237 e. The van der Waals surface area contributed by atoms with Crippen LogP contribution >= 0.6 is 11.8 Å². The quantitative estimate of drug-likeness (QED) is 0.492. The first-order chi connectivity index (χ1) is 13.5. The van der Waals surface area contributed by atoms with Crippen LogP contribution in [0.4, 0.5) is 0 Å². The predicted molar refractivity (Wildman–Crippen MR) is 108 cm³/mol. The lowest BCUT2D eigenvalue weighted by molar-refractivity contribution is 0.372. The van der Waals surface area contributed by atoms with Gasteiger partial charge in [0.05, 0.1) is 5.75 Å². The standard InChI is InChI=1S/C20H22N6OS/c1-20(2,3)18-22-16(27-25-18)11-28-19-24-23-17(26(19)12-8-9-12)14-10-21-15-7-5-4-6-13(14)15/h4-7,10,12,21H,8-9,11H2,1-3H3. The Morgan fingerprint density at radius 1 is 1.21 bits per heavy atom. The van der Waals surface area contributed by atoms with Crippen molar-refractivity contribution in [3.05, 3.63) is 42.2 Å². The summed E-state index contributed by atoms with van der Waals surface area (Å²) in [4.78, 5) is 7.86. The van der Waals surface area contributed by atoms with Gasteiger partial charge < -0.3 is 9.51 Å². The smallest absolute Gasteiger partial charge is 0.237 e. The van der Waals surface area contributed by atoms with E-state index in [2.05, 4.69) is 68.9 Å². The van der Waals surface area contributed by atoms with Crippen LogP contribution in [-0.4, -0.2) is 29.9 Å². The molecule has 0 amide bonds. The van der Waals surface area contributed by atoms with E-state index in [9.17, 15) is 0 Å². The fourth-order valence-corrected chi connectivity index (χ4v) is 4.06. The fourth-order valence-electron chi connectivity index (χ4n) is 3.22. The summed E-state index contributed by atoms with van der Waals surface area (Å²) in [7, 11) is 0. The van der Waals surface area contributed by atoms with E-state index in [1.54, 1.807) is 11.8 Å². The highest BCUT2D eigenvalue weighted by Crippen LogP contribution is 2.42. The van der Waals surface area contributed by atoms with Crippen LogP contribution in [-0.2, 0) is 11.2 Å². The minimum Gasteiger partial charge on any atom is -0.360 e. The number of para-hydroxylation sites is 1. The molecule has 5 rings (SSSR count). The zero-order valence-corrected chi connectivity index (χ0v) is 17.0. The lowest BCUT2D eigenvalue weighted by Crippen LogP contribution is -2.13. The van der Waals surface area contributed by atoms with Gasteiger partial charge in [-0.1, -0.05) is 55.9 Å². The molecule has 144 valence electrons. The molecule has 1 aliphatic carbocycles. The number of hydrogen-bond donors (Lipinski definition) is 1. The van der Waals surface area contributed by atoms with E-state index in [0.717, 1.165) is 40.7 Å². The molecular weight excluding hydrogens is 372 g/mol. The molecule has 28 heavy (non-hydrogen) atoms. The molecule has 3 aromatic heterocycles. The summed E-state index contributed by atoms with van der Waals surface area (Å²) in [6.45, 7) is 6.23. The summed E-state index contributed by atoms with van der Waals surface area (Å²) >= 11 is 1.60. The average Bonchev–Trinajstić information content (AvgIpc) is 3.09. The van der Waals surface area contributed by atoms with Crippen molar-refractivity contribution in [2.45, 2.75) is 56.0 Å². The van der Waals surface area contributed by atoms with Gasteiger partial charge in [-0.2, -0.15) is 4.98 Å². The van der Waals surface area contributed by atoms with Crippen molar-refractivity contribution in [3.63, 3.8) is 0 Å². The first-order valence-corrected chi connectivity index (χ1v) is 10.5. The van der Waals surface area contributed by atoms with Crippen LogP contribution in [0.2, 0.25) is 0 Å². The first kappa shape index (κ1) is 17.5. The summed E-state index contributed by atoms with van der Waals surface area (Å²) in [6, 6.07) is 8.75. The lowest BCUT2D eigenvalue weighted by Gasteiger charge is -2.10. The van der Waals surface area contributed by atoms with E-state index >= 15 is 0 Å². The number of aromatic amines is 1. The summed E-state index contributed by atoms with van der Waals surface area (Å²) < 4.78 is 7.69. The Balaban J connectivity index is 1.44. The predicted octanol–water partition coefficient (Wildman–Crippen LogP) is 4.73. The van der Waals surface area contributed by atoms with Crippen molar-refractivity contribution in [2.75, 3.05) is 0 Å². The number of hydrogen-bond acceptors (Lipinski definition) is 6. The number of benzene rings is 1. The third-order valence-electron chi connectivity index (χ3n) is 4.87. The van der Waals surface area contributed by atoms with Gasteiger partial charge in [-0.05, 0) is 18.9 Å². The molecule has 0 spiro atoms. The largest absolute Gasteiger partial charge is 0.360 e. The summed E-state index contributed by atoms with van der Waals surface area (Å²) in [5.74, 6) is 2.85. The molecule has 7 nitrogen and oxygen atoms in total. The zero-order chi connectivity index (χ0) is 19.3. The fraction of sp³-hybridized carbons (Fsp3) is 0.400. The molecule has 1 aliphatic rings. The van der Waals surface area contributed by atoms with Gasteiger partial charge in [0.25, 0.3) is 0 Å². The van der Waals surface area contributed by atoms with Crippen molar-refractivity contribution in [2.24, 2.45) is 0 Å². The van der Waals surface area contributed by atoms with Crippen LogP contribution in [0.25, 0.3) is 22.3 Å². The van der Waals surface area contributed by atoms with Gasteiger partial charge in [-0.25, -0.2) is 0 Å². The molecule has 1 saturated carbocycles.